The summed E-state index contributed by atoms with van der Waals surface area (Å²) in [5.74, 6) is 1.46. The molecule has 0 aliphatic heterocycles. The van der Waals surface area contributed by atoms with Gasteiger partial charge < -0.3 is 14.0 Å². The van der Waals surface area contributed by atoms with Gasteiger partial charge in [0, 0.05) is 16.1 Å². The highest BCUT2D eigenvalue weighted by atomic mass is 35.5. The van der Waals surface area contributed by atoms with Crippen LogP contribution in [0.25, 0.3) is 11.4 Å². The molecule has 0 spiro atoms. The standard InChI is InChI=1S/C17H12Cl2N2O4/c1-23-15-6-10(8-22)2-5-14(15)24-9-16-20-17(21-25-16)12-7-11(18)3-4-13(12)19/h2-8H,9H2,1H3. The summed E-state index contributed by atoms with van der Waals surface area (Å²) in [6, 6.07) is 9.81. The Kier molecular flexibility index (Phi) is 5.21. The summed E-state index contributed by atoms with van der Waals surface area (Å²) < 4.78 is 16.0. The van der Waals surface area contributed by atoms with Crippen LogP contribution in [0.2, 0.25) is 10.0 Å². The first-order valence-electron chi connectivity index (χ1n) is 7.14. The van der Waals surface area contributed by atoms with Crippen LogP contribution in [0.3, 0.4) is 0 Å². The Morgan fingerprint density at radius 3 is 2.76 bits per heavy atom. The van der Waals surface area contributed by atoms with Crippen molar-refractivity contribution in [3.05, 3.63) is 57.9 Å². The molecule has 0 saturated heterocycles. The summed E-state index contributed by atoms with van der Waals surface area (Å²) in [6.07, 6.45) is 0.727. The summed E-state index contributed by atoms with van der Waals surface area (Å²) in [6.45, 7) is 0.0297. The number of hydrogen-bond acceptors (Lipinski definition) is 6. The quantitative estimate of drug-likeness (QED) is 0.590. The van der Waals surface area contributed by atoms with Crippen LogP contribution >= 0.6 is 23.2 Å². The molecular formula is C17H12Cl2N2O4. The summed E-state index contributed by atoms with van der Waals surface area (Å²) in [7, 11) is 1.49. The van der Waals surface area contributed by atoms with E-state index in [-0.39, 0.29) is 12.5 Å². The summed E-state index contributed by atoms with van der Waals surface area (Å²) in [5, 5.41) is 4.86. The Morgan fingerprint density at radius 2 is 2.00 bits per heavy atom. The number of hydrogen-bond donors (Lipinski definition) is 0. The van der Waals surface area contributed by atoms with Crippen LogP contribution in [0, 0.1) is 0 Å². The molecule has 0 fully saturated rings. The number of aromatic nitrogens is 2. The summed E-state index contributed by atoms with van der Waals surface area (Å²) in [5.41, 5.74) is 1.05. The van der Waals surface area contributed by atoms with E-state index >= 15 is 0 Å². The molecule has 1 aromatic heterocycles. The molecule has 8 heteroatoms. The third-order valence-corrected chi connectivity index (χ3v) is 3.88. The van der Waals surface area contributed by atoms with E-state index in [1.807, 2.05) is 0 Å². The van der Waals surface area contributed by atoms with E-state index in [2.05, 4.69) is 10.1 Å². The van der Waals surface area contributed by atoms with Crippen LogP contribution in [0.1, 0.15) is 16.2 Å². The molecule has 0 saturated carbocycles. The predicted molar refractivity (Wildman–Crippen MR) is 92.5 cm³/mol. The number of nitrogens with zero attached hydrogens (tertiary/aromatic N) is 2. The molecule has 0 aliphatic carbocycles. The van der Waals surface area contributed by atoms with Gasteiger partial charge in [0.2, 0.25) is 5.82 Å². The van der Waals surface area contributed by atoms with E-state index in [0.29, 0.717) is 38.5 Å². The van der Waals surface area contributed by atoms with Gasteiger partial charge in [-0.1, -0.05) is 28.4 Å². The molecule has 0 atom stereocenters. The normalized spacial score (nSPS) is 10.5. The second kappa shape index (κ2) is 7.55. The van der Waals surface area contributed by atoms with Crippen molar-refractivity contribution in [2.24, 2.45) is 0 Å². The zero-order valence-electron chi connectivity index (χ0n) is 13.0. The molecule has 0 unspecified atom stereocenters. The molecule has 128 valence electrons. The van der Waals surface area contributed by atoms with Gasteiger partial charge in [0.05, 0.1) is 12.1 Å². The fourth-order valence-electron chi connectivity index (χ4n) is 2.11. The van der Waals surface area contributed by atoms with Gasteiger partial charge in [-0.15, -0.1) is 0 Å². The van der Waals surface area contributed by atoms with E-state index < -0.39 is 0 Å². The number of aldehydes is 1. The molecule has 0 N–H and O–H groups in total. The Morgan fingerprint density at radius 1 is 1.16 bits per heavy atom. The lowest BCUT2D eigenvalue weighted by Crippen LogP contribution is -1.98. The average Bonchev–Trinajstić information content (AvgIpc) is 3.10. The molecule has 6 nitrogen and oxygen atoms in total. The Balaban J connectivity index is 1.76. The third kappa shape index (κ3) is 3.92. The maximum atomic E-state index is 10.8. The van der Waals surface area contributed by atoms with Crippen molar-refractivity contribution in [1.82, 2.24) is 10.1 Å². The SMILES string of the molecule is COc1cc(C=O)ccc1OCc1nc(-c2cc(Cl)ccc2Cl)no1. The first-order valence-corrected chi connectivity index (χ1v) is 7.90. The highest BCUT2D eigenvalue weighted by Crippen LogP contribution is 2.30. The van der Waals surface area contributed by atoms with E-state index in [0.717, 1.165) is 6.29 Å². The molecule has 3 aromatic rings. The molecule has 2 aromatic carbocycles. The highest BCUT2D eigenvalue weighted by Gasteiger charge is 2.14. The Hall–Kier alpha value is -2.57. The zero-order chi connectivity index (χ0) is 17.8. The van der Waals surface area contributed by atoms with Gasteiger partial charge in [0.15, 0.2) is 18.1 Å². The van der Waals surface area contributed by atoms with Crippen molar-refractivity contribution in [2.45, 2.75) is 6.61 Å². The Bertz CT molecular complexity index is 911. The van der Waals surface area contributed by atoms with Gasteiger partial charge in [-0.25, -0.2) is 0 Å². The number of carbonyl (C=O) groups is 1. The van der Waals surface area contributed by atoms with Gasteiger partial charge in [0.25, 0.3) is 5.89 Å². The second-order valence-corrected chi connectivity index (χ2v) is 5.80. The number of methoxy groups -OCH3 is 1. The van der Waals surface area contributed by atoms with Gasteiger partial charge in [-0.2, -0.15) is 4.98 Å². The molecule has 25 heavy (non-hydrogen) atoms. The highest BCUT2D eigenvalue weighted by molar-refractivity contribution is 6.35. The van der Waals surface area contributed by atoms with Crippen molar-refractivity contribution in [1.29, 1.82) is 0 Å². The molecule has 1 heterocycles. The lowest BCUT2D eigenvalue weighted by atomic mass is 10.2. The van der Waals surface area contributed by atoms with Crippen molar-refractivity contribution >= 4 is 29.5 Å². The number of ether oxygens (including phenoxy) is 2. The third-order valence-electron chi connectivity index (χ3n) is 3.31. The molecule has 0 bridgehead atoms. The molecule has 0 radical (unpaired) electrons. The topological polar surface area (TPSA) is 74.5 Å². The van der Waals surface area contributed by atoms with Crippen LogP contribution in [-0.4, -0.2) is 23.5 Å². The van der Waals surface area contributed by atoms with E-state index in [9.17, 15) is 4.79 Å². The monoisotopic (exact) mass is 378 g/mol. The summed E-state index contributed by atoms with van der Waals surface area (Å²) >= 11 is 12.1. The number of benzene rings is 2. The van der Waals surface area contributed by atoms with Crippen LogP contribution in [-0.2, 0) is 6.61 Å². The van der Waals surface area contributed by atoms with Crippen molar-refractivity contribution in [3.63, 3.8) is 0 Å². The number of rotatable bonds is 6. The lowest BCUT2D eigenvalue weighted by molar-refractivity contribution is 0.112. The van der Waals surface area contributed by atoms with Gasteiger partial charge in [0.1, 0.15) is 6.29 Å². The first kappa shape index (κ1) is 17.3. The lowest BCUT2D eigenvalue weighted by Gasteiger charge is -2.09. The zero-order valence-corrected chi connectivity index (χ0v) is 14.5. The smallest absolute Gasteiger partial charge is 0.264 e. The molecular weight excluding hydrogens is 367 g/mol. The molecule has 0 aliphatic rings. The fraction of sp³-hybridized carbons (Fsp3) is 0.118. The maximum Gasteiger partial charge on any atom is 0.264 e. The van der Waals surface area contributed by atoms with Crippen molar-refractivity contribution in [2.75, 3.05) is 7.11 Å². The minimum absolute atomic E-state index is 0.0297. The average molecular weight is 379 g/mol. The number of carbonyl (C=O) groups excluding carboxylic acids is 1. The molecule has 3 rings (SSSR count). The van der Waals surface area contributed by atoms with Crippen LogP contribution in [0.5, 0.6) is 11.5 Å². The molecule has 0 amide bonds. The maximum absolute atomic E-state index is 10.8. The predicted octanol–water partition coefficient (Wildman–Crippen LogP) is 4.44. The van der Waals surface area contributed by atoms with Gasteiger partial charge in [-0.05, 0) is 36.4 Å². The van der Waals surface area contributed by atoms with Crippen LogP contribution < -0.4 is 9.47 Å². The second-order valence-electron chi connectivity index (χ2n) is 4.95. The first-order chi connectivity index (χ1) is 12.1. The minimum Gasteiger partial charge on any atom is -0.493 e. The van der Waals surface area contributed by atoms with Gasteiger partial charge >= 0.3 is 0 Å². The van der Waals surface area contributed by atoms with Crippen molar-refractivity contribution in [3.8, 4) is 22.9 Å². The number of halogens is 2. The summed E-state index contributed by atoms with van der Waals surface area (Å²) in [4.78, 5) is 15.0. The minimum atomic E-state index is 0.0297. The van der Waals surface area contributed by atoms with Crippen molar-refractivity contribution < 1.29 is 18.8 Å². The van der Waals surface area contributed by atoms with E-state index in [4.69, 9.17) is 37.2 Å². The Labute approximate surface area is 153 Å². The van der Waals surface area contributed by atoms with E-state index in [1.54, 1.807) is 36.4 Å². The van der Waals surface area contributed by atoms with Crippen LogP contribution in [0.15, 0.2) is 40.9 Å². The largest absolute Gasteiger partial charge is 0.493 e. The fourth-order valence-corrected chi connectivity index (χ4v) is 2.48. The van der Waals surface area contributed by atoms with Crippen LogP contribution in [0.4, 0.5) is 0 Å². The van der Waals surface area contributed by atoms with E-state index in [1.165, 1.54) is 7.11 Å². The van der Waals surface area contributed by atoms with Gasteiger partial charge in [-0.3, -0.25) is 4.79 Å².